The standard InChI is InChI=1S/C9H16N2.C9H15NO.2C9H13N.2C9H14O.C9H14.C8H12S/c1-7-10-8(6-11(7)5)9(2,3)4;1-6-8(9(3,4)5)7(2)11-10-6;1-9(2,3)8-5-4-6-10-7-8;1-9(2,3)8-6-4-5-7-10-8;2*1-7-5-6-8(10-7)9(2,3)4;1-9(2,3)8-6-4-5-7-8;1-8(2,3)7-5-4-6-9-7/h6H,1-5H3;1-5H3;2*4-7H,1-3H3;2*5-6H,1-4H3;4,6-7H,5H2,1-3H3;4-6H,1-3H3. The van der Waals surface area contributed by atoms with Gasteiger partial charge in [-0.2, -0.15) is 0 Å². The van der Waals surface area contributed by atoms with Crippen molar-refractivity contribution in [3.8, 4) is 0 Å². The largest absolute Gasteiger partial charge is 0.466 e. The SMILES string of the molecule is CC(C)(C)C1=CCC=C1.CC(C)(C)c1ccccn1.CC(C)(C)c1cccnc1.CC(C)(C)c1cccs1.Cc1ccc(C(C)(C)C)o1.Cc1ccc(C(C)(C)C)o1.Cc1nc(C(C)(C)C)cn1C.Cc1noc(C)c1C(C)(C)C. The lowest BCUT2D eigenvalue weighted by atomic mass is 9.86. The van der Waals surface area contributed by atoms with Gasteiger partial charge in [0, 0.05) is 69.6 Å². The van der Waals surface area contributed by atoms with Gasteiger partial charge in [0.2, 0.25) is 0 Å². The van der Waals surface area contributed by atoms with Crippen molar-refractivity contribution in [3.63, 3.8) is 0 Å². The highest BCUT2D eigenvalue weighted by Gasteiger charge is 2.23. The van der Waals surface area contributed by atoms with Gasteiger partial charge in [0.15, 0.2) is 0 Å². The third kappa shape index (κ3) is 27.8. The first kappa shape index (κ1) is 72.5. The van der Waals surface area contributed by atoms with Gasteiger partial charge in [-0.25, -0.2) is 4.98 Å². The number of aryl methyl sites for hydroxylation is 6. The van der Waals surface area contributed by atoms with Gasteiger partial charge in [-0.15, -0.1) is 11.3 Å². The van der Waals surface area contributed by atoms with Crippen LogP contribution in [0.25, 0.3) is 0 Å². The molecule has 1 aliphatic rings. The van der Waals surface area contributed by atoms with Gasteiger partial charge in [-0.3, -0.25) is 9.97 Å². The summed E-state index contributed by atoms with van der Waals surface area (Å²) in [6, 6.07) is 22.5. The van der Waals surface area contributed by atoms with Crippen LogP contribution in [0.4, 0.5) is 0 Å². The average molecular weight is 1110 g/mol. The van der Waals surface area contributed by atoms with Crippen LogP contribution in [-0.2, 0) is 45.0 Å². The molecule has 0 saturated heterocycles. The minimum absolute atomic E-state index is 0.147. The first-order chi connectivity index (χ1) is 36.3. The molecule has 7 aromatic heterocycles. The van der Waals surface area contributed by atoms with Gasteiger partial charge < -0.3 is 17.9 Å². The molecule has 0 amide bonds. The first-order valence-corrected chi connectivity index (χ1v) is 29.4. The molecular formula is C71H111N5O3S. The summed E-state index contributed by atoms with van der Waals surface area (Å²) in [7, 11) is 2.03. The second-order valence-corrected chi connectivity index (χ2v) is 30.0. The van der Waals surface area contributed by atoms with Gasteiger partial charge >= 0.3 is 0 Å². The zero-order valence-corrected chi connectivity index (χ0v) is 56.9. The van der Waals surface area contributed by atoms with Crippen molar-refractivity contribution in [1.29, 1.82) is 0 Å². The molecule has 7 aromatic rings. The Bertz CT molecular complexity index is 2710. The van der Waals surface area contributed by atoms with Gasteiger partial charge in [-0.05, 0) is 128 Å². The molecule has 0 radical (unpaired) electrons. The summed E-state index contributed by atoms with van der Waals surface area (Å²) in [5.41, 5.74) is 9.04. The van der Waals surface area contributed by atoms with Crippen molar-refractivity contribution in [2.24, 2.45) is 12.5 Å². The smallest absolute Gasteiger partial charge is 0.137 e. The number of nitrogens with zero attached hydrogens (tertiary/aromatic N) is 5. The number of allylic oxidation sites excluding steroid dienone is 4. The van der Waals surface area contributed by atoms with Crippen LogP contribution in [0, 0.1) is 40.0 Å². The summed E-state index contributed by atoms with van der Waals surface area (Å²) < 4.78 is 18.0. The molecule has 0 fully saturated rings. The zero-order valence-electron chi connectivity index (χ0n) is 56.0. The number of aromatic nitrogens is 5. The Morgan fingerprint density at radius 2 is 1.05 bits per heavy atom. The van der Waals surface area contributed by atoms with Gasteiger partial charge in [-0.1, -0.05) is 208 Å². The fraction of sp³-hybridized carbons (Fsp3) is 0.549. The van der Waals surface area contributed by atoms with E-state index in [-0.39, 0.29) is 32.5 Å². The summed E-state index contributed by atoms with van der Waals surface area (Å²) >= 11 is 1.83. The second-order valence-electron chi connectivity index (χ2n) is 29.0. The Kier molecular flexibility index (Phi) is 27.6. The van der Waals surface area contributed by atoms with E-state index in [4.69, 9.17) is 13.4 Å². The molecule has 0 aliphatic heterocycles. The number of pyridine rings is 2. The minimum atomic E-state index is 0.147. The van der Waals surface area contributed by atoms with Crippen molar-refractivity contribution in [2.45, 2.75) is 245 Å². The Morgan fingerprint density at radius 1 is 0.512 bits per heavy atom. The number of hydrogen-bond acceptors (Lipinski definition) is 8. The number of thiophene rings is 1. The lowest BCUT2D eigenvalue weighted by molar-refractivity contribution is 0.389. The minimum Gasteiger partial charge on any atom is -0.466 e. The monoisotopic (exact) mass is 1110 g/mol. The van der Waals surface area contributed by atoms with Crippen LogP contribution in [-0.4, -0.2) is 24.7 Å². The maximum Gasteiger partial charge on any atom is 0.137 e. The highest BCUT2D eigenvalue weighted by atomic mass is 32.1. The molecule has 0 atom stereocenters. The molecule has 9 heteroatoms. The lowest BCUT2D eigenvalue weighted by Gasteiger charge is -2.18. The predicted octanol–water partition coefficient (Wildman–Crippen LogP) is 21.1. The molecule has 7 heterocycles. The highest BCUT2D eigenvalue weighted by molar-refractivity contribution is 7.10. The van der Waals surface area contributed by atoms with E-state index in [1.165, 1.54) is 21.6 Å². The molecule has 0 saturated carbocycles. The van der Waals surface area contributed by atoms with Crippen LogP contribution in [0.5, 0.6) is 0 Å². The van der Waals surface area contributed by atoms with Crippen molar-refractivity contribution in [3.05, 3.63) is 188 Å². The van der Waals surface area contributed by atoms with E-state index >= 15 is 0 Å². The van der Waals surface area contributed by atoms with Crippen LogP contribution in [0.3, 0.4) is 0 Å². The van der Waals surface area contributed by atoms with E-state index in [1.54, 1.807) is 6.20 Å². The normalized spacial score (nSPS) is 12.6. The Hall–Kier alpha value is -5.54. The molecule has 8 nitrogen and oxygen atoms in total. The summed E-state index contributed by atoms with van der Waals surface area (Å²) in [5.74, 6) is 6.12. The highest BCUT2D eigenvalue weighted by Crippen LogP contribution is 2.31. The van der Waals surface area contributed by atoms with Crippen LogP contribution in [0.2, 0.25) is 0 Å². The zero-order chi connectivity index (χ0) is 61.9. The van der Waals surface area contributed by atoms with Crippen molar-refractivity contribution in [2.75, 3.05) is 0 Å². The van der Waals surface area contributed by atoms with Crippen LogP contribution in [0.15, 0.2) is 134 Å². The molecule has 0 bridgehead atoms. The second kappa shape index (κ2) is 30.5. The van der Waals surface area contributed by atoms with E-state index < -0.39 is 0 Å². The Balaban J connectivity index is 0.000000458. The van der Waals surface area contributed by atoms with E-state index in [0.29, 0.717) is 10.8 Å². The fourth-order valence-electron chi connectivity index (χ4n) is 7.48. The molecule has 1 aliphatic carbocycles. The third-order valence-electron chi connectivity index (χ3n) is 12.5. The molecule has 444 valence electrons. The molecule has 80 heavy (non-hydrogen) atoms. The molecule has 0 unspecified atom stereocenters. The van der Waals surface area contributed by atoms with E-state index in [2.05, 4.69) is 245 Å². The molecule has 0 aromatic carbocycles. The number of imidazole rings is 1. The molecule has 0 N–H and O–H groups in total. The Labute approximate surface area is 492 Å². The first-order valence-electron chi connectivity index (χ1n) is 28.6. The van der Waals surface area contributed by atoms with Crippen molar-refractivity contribution in [1.82, 2.24) is 24.7 Å². The lowest BCUT2D eigenvalue weighted by Crippen LogP contribution is -2.12. The number of rotatable bonds is 0. The third-order valence-corrected chi connectivity index (χ3v) is 13.8. The quantitative estimate of drug-likeness (QED) is 0.149. The van der Waals surface area contributed by atoms with E-state index in [9.17, 15) is 0 Å². The van der Waals surface area contributed by atoms with Crippen molar-refractivity contribution >= 4 is 11.3 Å². The van der Waals surface area contributed by atoms with Crippen LogP contribution < -0.4 is 0 Å². The molecule has 0 spiro atoms. The Morgan fingerprint density at radius 3 is 1.25 bits per heavy atom. The van der Waals surface area contributed by atoms with Crippen molar-refractivity contribution < 1.29 is 13.4 Å². The summed E-state index contributed by atoms with van der Waals surface area (Å²) in [6.07, 6.45) is 15.5. The van der Waals surface area contributed by atoms with Crippen LogP contribution >= 0.6 is 11.3 Å². The number of hydrogen-bond donors (Lipinski definition) is 0. The predicted molar refractivity (Wildman–Crippen MR) is 346 cm³/mol. The van der Waals surface area contributed by atoms with Gasteiger partial charge in [0.1, 0.15) is 34.6 Å². The number of furan rings is 2. The molecule has 8 rings (SSSR count). The summed E-state index contributed by atoms with van der Waals surface area (Å²) in [6.45, 7) is 62.3. The van der Waals surface area contributed by atoms with E-state index in [1.807, 2.05) is 108 Å². The fourth-order valence-corrected chi connectivity index (χ4v) is 8.30. The summed E-state index contributed by atoms with van der Waals surface area (Å²) in [4.78, 5) is 14.2. The summed E-state index contributed by atoms with van der Waals surface area (Å²) in [5, 5.41) is 6.03. The van der Waals surface area contributed by atoms with Gasteiger partial charge in [0.25, 0.3) is 0 Å². The average Bonchev–Trinajstić information content (AvgIpc) is 4.18. The topological polar surface area (TPSA) is 95.9 Å². The maximum absolute atomic E-state index is 5.45. The van der Waals surface area contributed by atoms with E-state index in [0.717, 1.165) is 58.1 Å². The van der Waals surface area contributed by atoms with Gasteiger partial charge in [0.05, 0.1) is 11.4 Å². The molecular weight excluding hydrogens is 1000 g/mol. The van der Waals surface area contributed by atoms with Crippen LogP contribution in [0.1, 0.15) is 240 Å². The maximum atomic E-state index is 5.45.